The first-order valence-electron chi connectivity index (χ1n) is 8.70. The first kappa shape index (κ1) is 17.3. The van der Waals surface area contributed by atoms with E-state index in [4.69, 9.17) is 4.74 Å². The highest BCUT2D eigenvalue weighted by molar-refractivity contribution is 5.74. The SMILES string of the molecule is O=C(NCc1ccc(Oc2ccccc2)cc1)N1CCCC(CO)C1. The normalized spacial score (nSPS) is 17.2. The molecule has 1 heterocycles. The van der Waals surface area contributed by atoms with Crippen LogP contribution in [0.1, 0.15) is 18.4 Å². The van der Waals surface area contributed by atoms with E-state index in [2.05, 4.69) is 5.32 Å². The third-order valence-electron chi connectivity index (χ3n) is 4.41. The van der Waals surface area contributed by atoms with Crippen LogP contribution >= 0.6 is 0 Å². The highest BCUT2D eigenvalue weighted by Gasteiger charge is 2.22. The Morgan fingerprint density at radius 2 is 1.84 bits per heavy atom. The summed E-state index contributed by atoms with van der Waals surface area (Å²) in [6, 6.07) is 17.3. The number of hydrogen-bond donors (Lipinski definition) is 2. The summed E-state index contributed by atoms with van der Waals surface area (Å²) in [6.07, 6.45) is 1.94. The van der Waals surface area contributed by atoms with Crippen molar-refractivity contribution in [1.29, 1.82) is 0 Å². The van der Waals surface area contributed by atoms with Crippen LogP contribution in [0.15, 0.2) is 54.6 Å². The fourth-order valence-electron chi connectivity index (χ4n) is 2.99. The minimum Gasteiger partial charge on any atom is -0.457 e. The van der Waals surface area contributed by atoms with E-state index >= 15 is 0 Å². The van der Waals surface area contributed by atoms with E-state index in [1.54, 1.807) is 4.90 Å². The molecule has 2 aromatic carbocycles. The van der Waals surface area contributed by atoms with Crippen LogP contribution in [0, 0.1) is 5.92 Å². The number of amides is 2. The van der Waals surface area contributed by atoms with Crippen LogP contribution in [0.3, 0.4) is 0 Å². The van der Waals surface area contributed by atoms with Crippen molar-refractivity contribution >= 4 is 6.03 Å². The zero-order valence-corrected chi connectivity index (χ0v) is 14.2. The van der Waals surface area contributed by atoms with Gasteiger partial charge < -0.3 is 20.1 Å². The Labute approximate surface area is 148 Å². The van der Waals surface area contributed by atoms with Crippen LogP contribution in [0.4, 0.5) is 4.79 Å². The van der Waals surface area contributed by atoms with Gasteiger partial charge in [0.1, 0.15) is 11.5 Å². The molecule has 1 unspecified atom stereocenters. The van der Waals surface area contributed by atoms with E-state index in [9.17, 15) is 9.90 Å². The summed E-state index contributed by atoms with van der Waals surface area (Å²) in [5, 5.41) is 12.2. The summed E-state index contributed by atoms with van der Waals surface area (Å²) in [5.41, 5.74) is 1.02. The standard InChI is InChI=1S/C20H24N2O3/c23-15-17-5-4-12-22(14-17)20(24)21-13-16-8-10-19(11-9-16)25-18-6-2-1-3-7-18/h1-3,6-11,17,23H,4-5,12-15H2,(H,21,24). The molecule has 0 spiro atoms. The second kappa shape index (κ2) is 8.53. The zero-order chi connectivity index (χ0) is 17.5. The number of carbonyl (C=O) groups excluding carboxylic acids is 1. The molecule has 5 heteroatoms. The summed E-state index contributed by atoms with van der Waals surface area (Å²) in [7, 11) is 0. The molecule has 1 fully saturated rings. The Morgan fingerprint density at radius 1 is 1.12 bits per heavy atom. The molecular weight excluding hydrogens is 316 g/mol. The van der Waals surface area contributed by atoms with E-state index in [1.807, 2.05) is 54.6 Å². The van der Waals surface area contributed by atoms with Gasteiger partial charge in [-0.1, -0.05) is 30.3 Å². The smallest absolute Gasteiger partial charge is 0.317 e. The summed E-state index contributed by atoms with van der Waals surface area (Å²) >= 11 is 0. The van der Waals surface area contributed by atoms with Gasteiger partial charge in [0.25, 0.3) is 0 Å². The van der Waals surface area contributed by atoms with Crippen molar-refractivity contribution in [2.45, 2.75) is 19.4 Å². The van der Waals surface area contributed by atoms with E-state index < -0.39 is 0 Å². The third kappa shape index (κ3) is 4.97. The molecule has 1 aliphatic rings. The molecular formula is C20H24N2O3. The van der Waals surface area contributed by atoms with Crippen molar-refractivity contribution in [3.63, 3.8) is 0 Å². The van der Waals surface area contributed by atoms with Crippen LogP contribution in [0.2, 0.25) is 0 Å². The van der Waals surface area contributed by atoms with Gasteiger partial charge in [0.05, 0.1) is 0 Å². The Bertz CT molecular complexity index is 673. The third-order valence-corrected chi connectivity index (χ3v) is 4.41. The first-order chi connectivity index (χ1) is 12.2. The fourth-order valence-corrected chi connectivity index (χ4v) is 2.99. The number of aliphatic hydroxyl groups excluding tert-OH is 1. The van der Waals surface area contributed by atoms with Crippen LogP contribution < -0.4 is 10.1 Å². The van der Waals surface area contributed by atoms with Gasteiger partial charge in [0, 0.05) is 26.2 Å². The van der Waals surface area contributed by atoms with Gasteiger partial charge in [-0.25, -0.2) is 4.79 Å². The number of likely N-dealkylation sites (tertiary alicyclic amines) is 1. The van der Waals surface area contributed by atoms with Gasteiger partial charge in [-0.2, -0.15) is 0 Å². The van der Waals surface area contributed by atoms with Crippen LogP contribution in [-0.4, -0.2) is 35.7 Å². The largest absolute Gasteiger partial charge is 0.457 e. The number of hydrogen-bond acceptors (Lipinski definition) is 3. The average Bonchev–Trinajstić information content (AvgIpc) is 2.68. The molecule has 1 atom stereocenters. The first-order valence-corrected chi connectivity index (χ1v) is 8.70. The molecule has 1 saturated heterocycles. The lowest BCUT2D eigenvalue weighted by Crippen LogP contribution is -2.45. The van der Waals surface area contributed by atoms with Gasteiger partial charge >= 0.3 is 6.03 Å². The predicted octanol–water partition coefficient (Wildman–Crippen LogP) is 3.39. The molecule has 2 N–H and O–H groups in total. The number of urea groups is 1. The molecule has 3 rings (SSSR count). The number of ether oxygens (including phenoxy) is 1. The van der Waals surface area contributed by atoms with Gasteiger partial charge in [0.2, 0.25) is 0 Å². The number of nitrogens with zero attached hydrogens (tertiary/aromatic N) is 1. The van der Waals surface area contributed by atoms with Crippen molar-refractivity contribution in [2.75, 3.05) is 19.7 Å². The van der Waals surface area contributed by atoms with Gasteiger partial charge in [0.15, 0.2) is 0 Å². The molecule has 0 saturated carbocycles. The van der Waals surface area contributed by atoms with Gasteiger partial charge in [-0.3, -0.25) is 0 Å². The lowest BCUT2D eigenvalue weighted by molar-refractivity contribution is 0.129. The van der Waals surface area contributed by atoms with Crippen molar-refractivity contribution in [1.82, 2.24) is 10.2 Å². The van der Waals surface area contributed by atoms with Crippen LogP contribution in [-0.2, 0) is 6.54 Å². The summed E-state index contributed by atoms with van der Waals surface area (Å²) in [5.74, 6) is 1.77. The van der Waals surface area contributed by atoms with Crippen LogP contribution in [0.25, 0.3) is 0 Å². The molecule has 25 heavy (non-hydrogen) atoms. The topological polar surface area (TPSA) is 61.8 Å². The van der Waals surface area contributed by atoms with Crippen LogP contribution in [0.5, 0.6) is 11.5 Å². The van der Waals surface area contributed by atoms with E-state index in [0.717, 1.165) is 36.4 Å². The Kier molecular flexibility index (Phi) is 5.90. The number of benzene rings is 2. The molecule has 1 aliphatic heterocycles. The monoisotopic (exact) mass is 340 g/mol. The maximum Gasteiger partial charge on any atom is 0.317 e. The fraction of sp³-hybridized carbons (Fsp3) is 0.350. The van der Waals surface area contributed by atoms with E-state index in [1.165, 1.54) is 0 Å². The Balaban J connectivity index is 1.49. The number of nitrogens with one attached hydrogen (secondary N) is 1. The molecule has 0 aromatic heterocycles. The van der Waals surface area contributed by atoms with Crippen molar-refractivity contribution in [3.8, 4) is 11.5 Å². The maximum atomic E-state index is 12.2. The molecule has 0 radical (unpaired) electrons. The Hall–Kier alpha value is -2.53. The predicted molar refractivity (Wildman–Crippen MR) is 96.6 cm³/mol. The molecule has 0 aliphatic carbocycles. The quantitative estimate of drug-likeness (QED) is 0.877. The molecule has 0 bridgehead atoms. The highest BCUT2D eigenvalue weighted by atomic mass is 16.5. The summed E-state index contributed by atoms with van der Waals surface area (Å²) < 4.78 is 5.76. The second-order valence-corrected chi connectivity index (χ2v) is 6.35. The average molecular weight is 340 g/mol. The van der Waals surface area contributed by atoms with Gasteiger partial charge in [-0.15, -0.1) is 0 Å². The zero-order valence-electron chi connectivity index (χ0n) is 14.2. The summed E-state index contributed by atoms with van der Waals surface area (Å²) in [4.78, 5) is 14.0. The number of carbonyl (C=O) groups is 1. The van der Waals surface area contributed by atoms with Crippen molar-refractivity contribution in [2.24, 2.45) is 5.92 Å². The molecule has 5 nitrogen and oxygen atoms in total. The number of para-hydroxylation sites is 1. The molecule has 2 aromatic rings. The highest BCUT2D eigenvalue weighted by Crippen LogP contribution is 2.21. The lowest BCUT2D eigenvalue weighted by Gasteiger charge is -2.31. The van der Waals surface area contributed by atoms with Gasteiger partial charge in [-0.05, 0) is 48.6 Å². The molecule has 2 amide bonds. The number of rotatable bonds is 5. The number of aliphatic hydroxyl groups is 1. The minimum absolute atomic E-state index is 0.0669. The van der Waals surface area contributed by atoms with E-state index in [0.29, 0.717) is 13.1 Å². The van der Waals surface area contributed by atoms with E-state index in [-0.39, 0.29) is 18.6 Å². The van der Waals surface area contributed by atoms with Crippen molar-refractivity contribution < 1.29 is 14.6 Å². The Morgan fingerprint density at radius 3 is 2.56 bits per heavy atom. The second-order valence-electron chi connectivity index (χ2n) is 6.35. The minimum atomic E-state index is -0.0669. The molecule has 132 valence electrons. The van der Waals surface area contributed by atoms with Crippen molar-refractivity contribution in [3.05, 3.63) is 60.2 Å². The summed E-state index contributed by atoms with van der Waals surface area (Å²) in [6.45, 7) is 2.01. The maximum absolute atomic E-state index is 12.2. The number of piperidine rings is 1. The lowest BCUT2D eigenvalue weighted by atomic mass is 9.99.